The Labute approximate surface area is 129 Å². The number of carbonyl (C=O) groups excluding carboxylic acids is 2. The predicted octanol–water partition coefficient (Wildman–Crippen LogP) is 2.83. The van der Waals surface area contributed by atoms with Crippen molar-refractivity contribution in [2.45, 2.75) is 20.0 Å². The summed E-state index contributed by atoms with van der Waals surface area (Å²) in [4.78, 5) is 23.1. The molecule has 0 aromatic heterocycles. The van der Waals surface area contributed by atoms with Crippen LogP contribution in [0.4, 0.5) is 5.69 Å². The third-order valence-electron chi connectivity index (χ3n) is 2.92. The van der Waals surface area contributed by atoms with Gasteiger partial charge in [-0.3, -0.25) is 9.59 Å². The molecule has 2 aromatic rings. The normalized spacial score (nSPS) is 10.3. The van der Waals surface area contributed by atoms with E-state index >= 15 is 0 Å². The van der Waals surface area contributed by atoms with Gasteiger partial charge in [-0.05, 0) is 62.4 Å². The van der Waals surface area contributed by atoms with Gasteiger partial charge < -0.3 is 15.8 Å². The van der Waals surface area contributed by atoms with Gasteiger partial charge in [0.15, 0.2) is 0 Å². The SMILES string of the molecule is CC(C)Oc1ccc(NC(=O)c2ccc(C(N)=O)cc2)cc1. The Morgan fingerprint density at radius 2 is 1.50 bits per heavy atom. The Morgan fingerprint density at radius 3 is 2.00 bits per heavy atom. The molecule has 0 unspecified atom stereocenters. The average molecular weight is 298 g/mol. The van der Waals surface area contributed by atoms with Crippen LogP contribution in [0.25, 0.3) is 0 Å². The molecule has 0 saturated heterocycles. The van der Waals surface area contributed by atoms with Gasteiger partial charge in [0.1, 0.15) is 5.75 Å². The minimum Gasteiger partial charge on any atom is -0.491 e. The molecule has 0 bridgehead atoms. The maximum atomic E-state index is 12.1. The zero-order valence-electron chi connectivity index (χ0n) is 12.5. The van der Waals surface area contributed by atoms with Crippen LogP contribution in [0.1, 0.15) is 34.6 Å². The second-order valence-corrected chi connectivity index (χ2v) is 5.09. The molecular weight excluding hydrogens is 280 g/mol. The fraction of sp³-hybridized carbons (Fsp3) is 0.176. The van der Waals surface area contributed by atoms with Gasteiger partial charge in [0.25, 0.3) is 5.91 Å². The van der Waals surface area contributed by atoms with Crippen molar-refractivity contribution >= 4 is 17.5 Å². The molecule has 0 atom stereocenters. The van der Waals surface area contributed by atoms with Gasteiger partial charge in [-0.15, -0.1) is 0 Å². The Bertz CT molecular complexity index is 661. The smallest absolute Gasteiger partial charge is 0.255 e. The Balaban J connectivity index is 2.03. The molecular formula is C17H18N2O3. The number of rotatable bonds is 5. The van der Waals surface area contributed by atoms with Crippen molar-refractivity contribution in [1.29, 1.82) is 0 Å². The number of nitrogens with one attached hydrogen (secondary N) is 1. The summed E-state index contributed by atoms with van der Waals surface area (Å²) in [6.07, 6.45) is 0.101. The van der Waals surface area contributed by atoms with Crippen molar-refractivity contribution in [3.8, 4) is 5.75 Å². The van der Waals surface area contributed by atoms with E-state index in [0.717, 1.165) is 5.75 Å². The molecule has 0 aliphatic rings. The Hall–Kier alpha value is -2.82. The van der Waals surface area contributed by atoms with E-state index in [9.17, 15) is 9.59 Å². The van der Waals surface area contributed by atoms with Crippen LogP contribution < -0.4 is 15.8 Å². The summed E-state index contributed by atoms with van der Waals surface area (Å²) in [5.41, 5.74) is 6.65. The molecule has 0 saturated carbocycles. The van der Waals surface area contributed by atoms with Crippen LogP contribution in [-0.4, -0.2) is 17.9 Å². The molecule has 2 aromatic carbocycles. The minimum absolute atomic E-state index is 0.101. The van der Waals surface area contributed by atoms with Gasteiger partial charge in [0, 0.05) is 16.8 Å². The van der Waals surface area contributed by atoms with Gasteiger partial charge in [0.2, 0.25) is 5.91 Å². The fourth-order valence-electron chi connectivity index (χ4n) is 1.88. The van der Waals surface area contributed by atoms with Crippen LogP contribution >= 0.6 is 0 Å². The fourth-order valence-corrected chi connectivity index (χ4v) is 1.88. The summed E-state index contributed by atoms with van der Waals surface area (Å²) in [6.45, 7) is 3.90. The molecule has 0 heterocycles. The van der Waals surface area contributed by atoms with E-state index in [4.69, 9.17) is 10.5 Å². The Morgan fingerprint density at radius 1 is 0.955 bits per heavy atom. The molecule has 0 radical (unpaired) electrons. The second-order valence-electron chi connectivity index (χ2n) is 5.09. The molecule has 3 N–H and O–H groups in total. The standard InChI is InChI=1S/C17H18N2O3/c1-11(2)22-15-9-7-14(8-10-15)19-17(21)13-5-3-12(4-6-13)16(18)20/h3-11H,1-2H3,(H2,18,20)(H,19,21). The van der Waals surface area contributed by atoms with Gasteiger partial charge in [-0.1, -0.05) is 0 Å². The monoisotopic (exact) mass is 298 g/mol. The van der Waals surface area contributed by atoms with Crippen molar-refractivity contribution in [3.63, 3.8) is 0 Å². The third kappa shape index (κ3) is 4.09. The first-order valence-electron chi connectivity index (χ1n) is 6.93. The van der Waals surface area contributed by atoms with E-state index in [1.165, 1.54) is 12.1 Å². The second kappa shape index (κ2) is 6.76. The highest BCUT2D eigenvalue weighted by molar-refractivity contribution is 6.05. The molecule has 0 aliphatic carbocycles. The van der Waals surface area contributed by atoms with Crippen LogP contribution in [0.5, 0.6) is 5.75 Å². The highest BCUT2D eigenvalue weighted by Gasteiger charge is 2.08. The molecule has 0 aliphatic heterocycles. The number of carbonyl (C=O) groups is 2. The lowest BCUT2D eigenvalue weighted by molar-refractivity contribution is 0.0995. The van der Waals surface area contributed by atoms with Crippen LogP contribution in [0.2, 0.25) is 0 Å². The summed E-state index contributed by atoms with van der Waals surface area (Å²) < 4.78 is 5.54. The Kier molecular flexibility index (Phi) is 4.78. The summed E-state index contributed by atoms with van der Waals surface area (Å²) in [6, 6.07) is 13.3. The van der Waals surface area contributed by atoms with Crippen LogP contribution in [0.3, 0.4) is 0 Å². The molecule has 0 spiro atoms. The minimum atomic E-state index is -0.521. The van der Waals surface area contributed by atoms with Crippen molar-refractivity contribution in [1.82, 2.24) is 0 Å². The number of nitrogens with two attached hydrogens (primary N) is 1. The highest BCUT2D eigenvalue weighted by atomic mass is 16.5. The molecule has 0 fully saturated rings. The number of hydrogen-bond acceptors (Lipinski definition) is 3. The number of ether oxygens (including phenoxy) is 1. The predicted molar refractivity (Wildman–Crippen MR) is 85.1 cm³/mol. The number of benzene rings is 2. The number of primary amides is 1. The summed E-state index contributed by atoms with van der Waals surface area (Å²) in [7, 11) is 0. The summed E-state index contributed by atoms with van der Waals surface area (Å²) in [5.74, 6) is -0.0277. The maximum absolute atomic E-state index is 12.1. The quantitative estimate of drug-likeness (QED) is 0.890. The van der Waals surface area contributed by atoms with E-state index in [1.807, 2.05) is 13.8 Å². The third-order valence-corrected chi connectivity index (χ3v) is 2.92. The van der Waals surface area contributed by atoms with Crippen molar-refractivity contribution in [2.24, 2.45) is 5.73 Å². The maximum Gasteiger partial charge on any atom is 0.255 e. The molecule has 22 heavy (non-hydrogen) atoms. The number of hydrogen-bond donors (Lipinski definition) is 2. The molecule has 114 valence electrons. The zero-order chi connectivity index (χ0) is 16.1. The van der Waals surface area contributed by atoms with E-state index < -0.39 is 5.91 Å². The van der Waals surface area contributed by atoms with E-state index in [0.29, 0.717) is 16.8 Å². The highest BCUT2D eigenvalue weighted by Crippen LogP contribution is 2.17. The van der Waals surface area contributed by atoms with E-state index in [-0.39, 0.29) is 12.0 Å². The lowest BCUT2D eigenvalue weighted by Crippen LogP contribution is -2.14. The largest absolute Gasteiger partial charge is 0.491 e. The van der Waals surface area contributed by atoms with Crippen molar-refractivity contribution in [3.05, 3.63) is 59.7 Å². The molecule has 5 heteroatoms. The summed E-state index contributed by atoms with van der Waals surface area (Å²) >= 11 is 0. The van der Waals surface area contributed by atoms with Gasteiger partial charge in [0.05, 0.1) is 6.10 Å². The molecule has 2 amide bonds. The lowest BCUT2D eigenvalue weighted by atomic mass is 10.1. The van der Waals surface area contributed by atoms with Crippen molar-refractivity contribution in [2.75, 3.05) is 5.32 Å². The first-order valence-corrected chi connectivity index (χ1v) is 6.93. The summed E-state index contributed by atoms with van der Waals surface area (Å²) in [5, 5.41) is 2.78. The number of anilines is 1. The van der Waals surface area contributed by atoms with E-state index in [2.05, 4.69) is 5.32 Å². The molecule has 5 nitrogen and oxygen atoms in total. The van der Waals surface area contributed by atoms with Crippen molar-refractivity contribution < 1.29 is 14.3 Å². The van der Waals surface area contributed by atoms with Crippen LogP contribution in [0.15, 0.2) is 48.5 Å². The van der Waals surface area contributed by atoms with Gasteiger partial charge in [-0.2, -0.15) is 0 Å². The first kappa shape index (κ1) is 15.6. The van der Waals surface area contributed by atoms with Gasteiger partial charge >= 0.3 is 0 Å². The molecule has 2 rings (SSSR count). The van der Waals surface area contributed by atoms with E-state index in [1.54, 1.807) is 36.4 Å². The zero-order valence-corrected chi connectivity index (χ0v) is 12.5. The average Bonchev–Trinajstić information content (AvgIpc) is 2.49. The number of amides is 2. The van der Waals surface area contributed by atoms with Crippen LogP contribution in [-0.2, 0) is 0 Å². The lowest BCUT2D eigenvalue weighted by Gasteiger charge is -2.10. The van der Waals surface area contributed by atoms with Gasteiger partial charge in [-0.25, -0.2) is 0 Å². The topological polar surface area (TPSA) is 81.4 Å². The first-order chi connectivity index (χ1) is 10.5. The van der Waals surface area contributed by atoms with Crippen LogP contribution in [0, 0.1) is 0 Å².